The van der Waals surface area contributed by atoms with Crippen molar-refractivity contribution in [1.29, 1.82) is 0 Å². The predicted octanol–water partition coefficient (Wildman–Crippen LogP) is 13.7. The third kappa shape index (κ3) is 3.71. The summed E-state index contributed by atoms with van der Waals surface area (Å²) in [6.07, 6.45) is 0. The first-order valence-electron chi connectivity index (χ1n) is 17.5. The summed E-state index contributed by atoms with van der Waals surface area (Å²) in [7, 11) is 0. The first kappa shape index (κ1) is 27.4. The molecule has 0 bridgehead atoms. The van der Waals surface area contributed by atoms with E-state index >= 15 is 0 Å². The van der Waals surface area contributed by atoms with Crippen LogP contribution in [-0.4, -0.2) is 9.13 Å². The van der Waals surface area contributed by atoms with Gasteiger partial charge in [-0.2, -0.15) is 0 Å². The maximum atomic E-state index is 2.47. The van der Waals surface area contributed by atoms with Crippen molar-refractivity contribution in [2.45, 2.75) is 0 Å². The van der Waals surface area contributed by atoms with Crippen LogP contribution in [0.25, 0.3) is 107 Å². The van der Waals surface area contributed by atoms with Crippen LogP contribution in [0.5, 0.6) is 0 Å². The van der Waals surface area contributed by atoms with Gasteiger partial charge in [0.15, 0.2) is 0 Å². The summed E-state index contributed by atoms with van der Waals surface area (Å²) in [4.78, 5) is 0. The van der Waals surface area contributed by atoms with Crippen LogP contribution in [0.15, 0.2) is 170 Å². The zero-order chi connectivity index (χ0) is 33.2. The zero-order valence-corrected chi connectivity index (χ0v) is 28.3. The normalized spacial score (nSPS) is 12.3. The summed E-state index contributed by atoms with van der Waals surface area (Å²) >= 11 is 1.89. The average molecular weight is 665 g/mol. The Morgan fingerprint density at radius 1 is 0.255 bits per heavy atom. The number of aromatic nitrogens is 2. The minimum Gasteiger partial charge on any atom is -0.309 e. The fourth-order valence-corrected chi connectivity index (χ4v) is 10.0. The van der Waals surface area contributed by atoms with Crippen molar-refractivity contribution in [3.05, 3.63) is 170 Å². The van der Waals surface area contributed by atoms with Gasteiger partial charge < -0.3 is 9.13 Å². The fourth-order valence-electron chi connectivity index (χ4n) is 8.88. The van der Waals surface area contributed by atoms with Gasteiger partial charge in [0.1, 0.15) is 0 Å². The lowest BCUT2D eigenvalue weighted by molar-refractivity contribution is 1.13. The summed E-state index contributed by atoms with van der Waals surface area (Å²) in [5, 5.41) is 15.6. The Morgan fingerprint density at radius 3 is 1.33 bits per heavy atom. The summed E-state index contributed by atoms with van der Waals surface area (Å²) < 4.78 is 7.55. The van der Waals surface area contributed by atoms with Crippen LogP contribution in [0, 0.1) is 0 Å². The van der Waals surface area contributed by atoms with Crippen LogP contribution >= 0.6 is 11.3 Å². The van der Waals surface area contributed by atoms with Gasteiger partial charge in [0, 0.05) is 53.1 Å². The molecule has 0 amide bonds. The second-order valence-corrected chi connectivity index (χ2v) is 14.8. The monoisotopic (exact) mass is 664 g/mol. The molecule has 0 aliphatic heterocycles. The van der Waals surface area contributed by atoms with Crippen LogP contribution in [-0.2, 0) is 0 Å². The molecule has 3 heteroatoms. The molecule has 0 aliphatic carbocycles. The molecule has 0 aliphatic rings. The molecule has 236 valence electrons. The Morgan fingerprint density at radius 2 is 0.706 bits per heavy atom. The second kappa shape index (κ2) is 10.1. The lowest BCUT2D eigenvalue weighted by Crippen LogP contribution is -1.98. The number of hydrogen-bond donors (Lipinski definition) is 0. The number of para-hydroxylation sites is 3. The third-order valence-electron chi connectivity index (χ3n) is 11.1. The summed E-state index contributed by atoms with van der Waals surface area (Å²) in [5.41, 5.74) is 7.17. The maximum absolute atomic E-state index is 2.47. The largest absolute Gasteiger partial charge is 0.309 e. The highest BCUT2D eigenvalue weighted by Gasteiger charge is 2.19. The lowest BCUT2D eigenvalue weighted by atomic mass is 9.92. The number of thiophene rings is 1. The van der Waals surface area contributed by atoms with Crippen LogP contribution in [0.2, 0.25) is 0 Å². The van der Waals surface area contributed by atoms with Gasteiger partial charge in [-0.1, -0.05) is 103 Å². The highest BCUT2D eigenvalue weighted by molar-refractivity contribution is 7.25. The Balaban J connectivity index is 1.20. The molecular formula is C48H28N2S. The Kier molecular flexibility index (Phi) is 5.41. The molecule has 0 unspecified atom stereocenters. The van der Waals surface area contributed by atoms with E-state index in [-0.39, 0.29) is 0 Å². The highest BCUT2D eigenvalue weighted by atomic mass is 32.1. The smallest absolute Gasteiger partial charge is 0.0547 e. The quantitative estimate of drug-likeness (QED) is 0.163. The highest BCUT2D eigenvalue weighted by Crippen LogP contribution is 2.44. The van der Waals surface area contributed by atoms with Crippen molar-refractivity contribution in [2.24, 2.45) is 0 Å². The lowest BCUT2D eigenvalue weighted by Gasteiger charge is -2.14. The molecule has 0 N–H and O–H groups in total. The van der Waals surface area contributed by atoms with Gasteiger partial charge in [-0.3, -0.25) is 0 Å². The van der Waals surface area contributed by atoms with Crippen molar-refractivity contribution in [1.82, 2.24) is 9.13 Å². The molecule has 0 fully saturated rings. The number of fused-ring (bicyclic) bond motifs is 15. The van der Waals surface area contributed by atoms with E-state index in [1.54, 1.807) is 0 Å². The predicted molar refractivity (Wildman–Crippen MR) is 221 cm³/mol. The van der Waals surface area contributed by atoms with Gasteiger partial charge in [-0.25, -0.2) is 0 Å². The molecule has 3 heterocycles. The first-order valence-corrected chi connectivity index (χ1v) is 18.3. The fraction of sp³-hybridized carbons (Fsp3) is 0. The Labute approximate surface area is 296 Å². The van der Waals surface area contributed by atoms with E-state index < -0.39 is 0 Å². The summed E-state index contributed by atoms with van der Waals surface area (Å²) in [6, 6.07) is 63.0. The van der Waals surface area contributed by atoms with Crippen molar-refractivity contribution < 1.29 is 0 Å². The number of benzene rings is 9. The average Bonchev–Trinajstić information content (AvgIpc) is 3.84. The van der Waals surface area contributed by atoms with Crippen molar-refractivity contribution in [3.8, 4) is 11.4 Å². The molecule has 0 saturated carbocycles. The maximum Gasteiger partial charge on any atom is 0.0547 e. The van der Waals surface area contributed by atoms with Gasteiger partial charge in [0.25, 0.3) is 0 Å². The van der Waals surface area contributed by atoms with E-state index in [9.17, 15) is 0 Å². The molecule has 3 aromatic heterocycles. The first-order chi connectivity index (χ1) is 25.3. The molecule has 0 spiro atoms. The molecule has 51 heavy (non-hydrogen) atoms. The summed E-state index contributed by atoms with van der Waals surface area (Å²) in [6.45, 7) is 0. The van der Waals surface area contributed by atoms with Crippen molar-refractivity contribution in [2.75, 3.05) is 0 Å². The van der Waals surface area contributed by atoms with Gasteiger partial charge in [0.2, 0.25) is 0 Å². The third-order valence-corrected chi connectivity index (χ3v) is 12.2. The number of hydrogen-bond acceptors (Lipinski definition) is 1. The number of rotatable bonds is 2. The van der Waals surface area contributed by atoms with Crippen LogP contribution in [0.3, 0.4) is 0 Å². The van der Waals surface area contributed by atoms with Gasteiger partial charge in [0.05, 0.1) is 22.1 Å². The molecule has 9 aromatic carbocycles. The molecule has 0 saturated heterocycles. The minimum absolute atomic E-state index is 1.15. The van der Waals surface area contributed by atoms with E-state index in [4.69, 9.17) is 0 Å². The minimum atomic E-state index is 1.15. The van der Waals surface area contributed by atoms with E-state index in [2.05, 4.69) is 179 Å². The Hall–Kier alpha value is -6.42. The topological polar surface area (TPSA) is 9.86 Å². The molecule has 0 radical (unpaired) electrons. The van der Waals surface area contributed by atoms with Gasteiger partial charge in [-0.05, 0) is 99.0 Å². The van der Waals surface area contributed by atoms with Gasteiger partial charge >= 0.3 is 0 Å². The SMILES string of the molecule is c1cc(-n2c3ccccc3c3ccccc32)cc(-n2c3ccccc3c3cc4c5ccccc5c5cc6c(cc5c4cc32)sc2ccccc26)c1. The molecule has 12 aromatic rings. The van der Waals surface area contributed by atoms with Crippen molar-refractivity contribution in [3.63, 3.8) is 0 Å². The van der Waals surface area contributed by atoms with E-state index in [1.807, 2.05) is 11.3 Å². The standard InChI is InChI=1S/C48H28N2S/c1-2-15-32-31(14-1)37-25-41-35-18-5-9-22-45(35)50(46(41)27-39(37)40-28-48-42(26-38(32)40)36-19-6-10-23-47(36)51-48)30-13-11-12-29(24-30)49-43-20-7-3-16-33(43)34-17-4-8-21-44(34)49/h1-28H. The second-order valence-electron chi connectivity index (χ2n) is 13.7. The zero-order valence-electron chi connectivity index (χ0n) is 27.5. The van der Waals surface area contributed by atoms with Crippen LogP contribution < -0.4 is 0 Å². The molecule has 0 atom stereocenters. The van der Waals surface area contributed by atoms with Crippen molar-refractivity contribution >= 4 is 107 Å². The van der Waals surface area contributed by atoms with Crippen LogP contribution in [0.4, 0.5) is 0 Å². The van der Waals surface area contributed by atoms with Crippen LogP contribution in [0.1, 0.15) is 0 Å². The summed E-state index contributed by atoms with van der Waals surface area (Å²) in [5.74, 6) is 0. The van der Waals surface area contributed by atoms with E-state index in [0.29, 0.717) is 0 Å². The van der Waals surface area contributed by atoms with Gasteiger partial charge in [-0.15, -0.1) is 11.3 Å². The Bertz CT molecular complexity index is 3380. The van der Waals surface area contributed by atoms with E-state index in [1.165, 1.54) is 96.1 Å². The molecule has 12 rings (SSSR count). The number of nitrogens with zero attached hydrogens (tertiary/aromatic N) is 2. The van der Waals surface area contributed by atoms with E-state index in [0.717, 1.165) is 11.4 Å². The molecule has 2 nitrogen and oxygen atoms in total. The molecular weight excluding hydrogens is 637 g/mol.